The van der Waals surface area contributed by atoms with E-state index in [1.54, 1.807) is 24.3 Å². The summed E-state index contributed by atoms with van der Waals surface area (Å²) in [4.78, 5) is 0. The third kappa shape index (κ3) is 2.74. The van der Waals surface area contributed by atoms with Crippen molar-refractivity contribution in [3.63, 3.8) is 0 Å². The largest absolute Gasteiger partial charge is 0.207 e. The second-order valence-electron chi connectivity index (χ2n) is 3.56. The number of rotatable bonds is 2. The predicted octanol–water partition coefficient (Wildman–Crippen LogP) is 5.54. The molecule has 17 heavy (non-hydrogen) atoms. The van der Waals surface area contributed by atoms with Crippen molar-refractivity contribution < 1.29 is 4.39 Å². The summed E-state index contributed by atoms with van der Waals surface area (Å²) >= 11 is 17.8. The van der Waals surface area contributed by atoms with Gasteiger partial charge in [0.1, 0.15) is 5.82 Å². The standard InChI is InChI=1S/C13H8Cl3F/c14-7-8-1-3-10(17)6-11(8)12-5-9(15)2-4-13(12)16/h1-6H,7H2. The fourth-order valence-corrected chi connectivity index (χ4v) is 2.24. The zero-order valence-electron chi connectivity index (χ0n) is 8.68. The third-order valence-corrected chi connectivity index (χ3v) is 3.29. The first-order chi connectivity index (χ1) is 8.11. The Morgan fingerprint density at radius 1 is 0.941 bits per heavy atom. The molecule has 0 nitrogen and oxygen atoms in total. The van der Waals surface area contributed by atoms with Crippen LogP contribution in [-0.2, 0) is 5.88 Å². The number of halogens is 4. The van der Waals surface area contributed by atoms with Crippen LogP contribution < -0.4 is 0 Å². The number of alkyl halides is 1. The Morgan fingerprint density at radius 3 is 2.41 bits per heavy atom. The van der Waals surface area contributed by atoms with E-state index in [0.29, 0.717) is 27.1 Å². The second kappa shape index (κ2) is 5.26. The van der Waals surface area contributed by atoms with E-state index >= 15 is 0 Å². The van der Waals surface area contributed by atoms with E-state index in [-0.39, 0.29) is 5.82 Å². The van der Waals surface area contributed by atoms with Crippen LogP contribution in [0.25, 0.3) is 11.1 Å². The van der Waals surface area contributed by atoms with E-state index < -0.39 is 0 Å². The maximum atomic E-state index is 13.3. The molecule has 2 aromatic carbocycles. The van der Waals surface area contributed by atoms with Crippen molar-refractivity contribution in [1.29, 1.82) is 0 Å². The first-order valence-electron chi connectivity index (χ1n) is 4.91. The fraction of sp³-hybridized carbons (Fsp3) is 0.0769. The van der Waals surface area contributed by atoms with Crippen LogP contribution in [0.15, 0.2) is 36.4 Å². The Morgan fingerprint density at radius 2 is 1.71 bits per heavy atom. The lowest BCUT2D eigenvalue weighted by Crippen LogP contribution is -1.89. The van der Waals surface area contributed by atoms with E-state index in [0.717, 1.165) is 5.56 Å². The molecule has 0 amide bonds. The first kappa shape index (κ1) is 12.7. The molecule has 0 fully saturated rings. The van der Waals surface area contributed by atoms with E-state index in [1.165, 1.54) is 12.1 Å². The Hall–Kier alpha value is -0.760. The highest BCUT2D eigenvalue weighted by Crippen LogP contribution is 2.33. The van der Waals surface area contributed by atoms with E-state index in [2.05, 4.69) is 0 Å². The fourth-order valence-electron chi connectivity index (χ4n) is 1.62. The van der Waals surface area contributed by atoms with Gasteiger partial charge in [0.25, 0.3) is 0 Å². The number of benzene rings is 2. The molecule has 2 aromatic rings. The molecule has 0 aromatic heterocycles. The maximum Gasteiger partial charge on any atom is 0.123 e. The summed E-state index contributed by atoms with van der Waals surface area (Å²) in [5.41, 5.74) is 2.18. The highest BCUT2D eigenvalue weighted by Gasteiger charge is 2.10. The summed E-state index contributed by atoms with van der Waals surface area (Å²) in [6, 6.07) is 9.51. The maximum absolute atomic E-state index is 13.3. The van der Waals surface area contributed by atoms with Crippen LogP contribution in [-0.4, -0.2) is 0 Å². The Labute approximate surface area is 114 Å². The van der Waals surface area contributed by atoms with Gasteiger partial charge in [0.15, 0.2) is 0 Å². The van der Waals surface area contributed by atoms with Gasteiger partial charge in [0.2, 0.25) is 0 Å². The Bertz CT molecular complexity index is 552. The monoisotopic (exact) mass is 288 g/mol. The molecule has 0 N–H and O–H groups in total. The summed E-state index contributed by atoms with van der Waals surface area (Å²) < 4.78 is 13.3. The quantitative estimate of drug-likeness (QED) is 0.637. The molecular weight excluding hydrogens is 282 g/mol. The van der Waals surface area contributed by atoms with Crippen molar-refractivity contribution >= 4 is 34.8 Å². The molecule has 0 saturated heterocycles. The van der Waals surface area contributed by atoms with Gasteiger partial charge in [-0.1, -0.05) is 29.3 Å². The van der Waals surface area contributed by atoms with Gasteiger partial charge >= 0.3 is 0 Å². The van der Waals surface area contributed by atoms with Crippen LogP contribution in [0.5, 0.6) is 0 Å². The van der Waals surface area contributed by atoms with Gasteiger partial charge in [-0.15, -0.1) is 11.6 Å². The molecule has 2 rings (SSSR count). The molecule has 0 aliphatic carbocycles. The SMILES string of the molecule is Fc1ccc(CCl)c(-c2cc(Cl)ccc2Cl)c1. The minimum absolute atomic E-state index is 0.290. The van der Waals surface area contributed by atoms with Gasteiger partial charge in [-0.25, -0.2) is 4.39 Å². The van der Waals surface area contributed by atoms with Crippen molar-refractivity contribution in [2.45, 2.75) is 5.88 Å². The van der Waals surface area contributed by atoms with Crippen LogP contribution in [0.3, 0.4) is 0 Å². The number of hydrogen-bond acceptors (Lipinski definition) is 0. The highest BCUT2D eigenvalue weighted by molar-refractivity contribution is 6.35. The normalized spacial score (nSPS) is 10.6. The summed E-state index contributed by atoms with van der Waals surface area (Å²) in [7, 11) is 0. The van der Waals surface area contributed by atoms with Gasteiger partial charge in [0.05, 0.1) is 0 Å². The van der Waals surface area contributed by atoms with Crippen molar-refractivity contribution in [1.82, 2.24) is 0 Å². The average molecular weight is 290 g/mol. The van der Waals surface area contributed by atoms with Gasteiger partial charge < -0.3 is 0 Å². The van der Waals surface area contributed by atoms with E-state index in [9.17, 15) is 4.39 Å². The van der Waals surface area contributed by atoms with Crippen LogP contribution in [0.4, 0.5) is 4.39 Å². The topological polar surface area (TPSA) is 0 Å². The molecule has 0 aliphatic rings. The smallest absolute Gasteiger partial charge is 0.123 e. The second-order valence-corrected chi connectivity index (χ2v) is 4.67. The van der Waals surface area contributed by atoms with Gasteiger partial charge in [-0.2, -0.15) is 0 Å². The van der Waals surface area contributed by atoms with Gasteiger partial charge in [-0.3, -0.25) is 0 Å². The molecule has 0 bridgehead atoms. The zero-order chi connectivity index (χ0) is 12.4. The summed E-state index contributed by atoms with van der Waals surface area (Å²) in [5.74, 6) is -0.0387. The molecule has 0 radical (unpaired) electrons. The molecule has 88 valence electrons. The van der Waals surface area contributed by atoms with Crippen molar-refractivity contribution in [2.75, 3.05) is 0 Å². The molecule has 0 unspecified atom stereocenters. The predicted molar refractivity (Wildman–Crippen MR) is 71.4 cm³/mol. The number of hydrogen-bond donors (Lipinski definition) is 0. The van der Waals surface area contributed by atoms with Gasteiger partial charge in [-0.05, 0) is 41.5 Å². The van der Waals surface area contributed by atoms with Crippen molar-refractivity contribution in [3.05, 3.63) is 57.8 Å². The molecule has 0 spiro atoms. The molecule has 4 heteroatoms. The minimum Gasteiger partial charge on any atom is -0.207 e. The lowest BCUT2D eigenvalue weighted by atomic mass is 10.0. The first-order valence-corrected chi connectivity index (χ1v) is 6.20. The zero-order valence-corrected chi connectivity index (χ0v) is 11.0. The van der Waals surface area contributed by atoms with Crippen molar-refractivity contribution in [2.24, 2.45) is 0 Å². The van der Waals surface area contributed by atoms with Crippen LogP contribution in [0, 0.1) is 5.82 Å². The van der Waals surface area contributed by atoms with Crippen LogP contribution in [0.2, 0.25) is 10.0 Å². The molecule has 0 aliphatic heterocycles. The highest BCUT2D eigenvalue weighted by atomic mass is 35.5. The molecule has 0 atom stereocenters. The van der Waals surface area contributed by atoms with Crippen molar-refractivity contribution in [3.8, 4) is 11.1 Å². The molecule has 0 saturated carbocycles. The average Bonchev–Trinajstić information content (AvgIpc) is 2.32. The summed E-state index contributed by atoms with van der Waals surface area (Å²) in [6.45, 7) is 0. The molecule has 0 heterocycles. The van der Waals surface area contributed by atoms with Crippen LogP contribution >= 0.6 is 34.8 Å². The molecular formula is C13H8Cl3F. The van der Waals surface area contributed by atoms with Gasteiger partial charge in [0, 0.05) is 21.5 Å². The minimum atomic E-state index is -0.329. The lowest BCUT2D eigenvalue weighted by Gasteiger charge is -2.10. The van der Waals surface area contributed by atoms with Crippen LogP contribution in [0.1, 0.15) is 5.56 Å². The summed E-state index contributed by atoms with van der Waals surface area (Å²) in [6.07, 6.45) is 0. The van der Waals surface area contributed by atoms with E-state index in [1.807, 2.05) is 0 Å². The summed E-state index contributed by atoms with van der Waals surface area (Å²) in [5, 5.41) is 1.07. The Balaban J connectivity index is 2.66. The Kier molecular flexibility index (Phi) is 3.93. The lowest BCUT2D eigenvalue weighted by molar-refractivity contribution is 0.628. The van der Waals surface area contributed by atoms with E-state index in [4.69, 9.17) is 34.8 Å². The third-order valence-electron chi connectivity index (χ3n) is 2.43.